The fraction of sp³-hybridized carbons (Fsp3) is 0.318. The molecule has 1 unspecified atom stereocenters. The highest BCUT2D eigenvalue weighted by Gasteiger charge is 2.07. The van der Waals surface area contributed by atoms with E-state index >= 15 is 0 Å². The first-order valence-corrected chi connectivity index (χ1v) is 9.31. The quantitative estimate of drug-likeness (QED) is 0.459. The molecule has 0 bridgehead atoms. The van der Waals surface area contributed by atoms with Gasteiger partial charge in [-0.25, -0.2) is 4.99 Å². The van der Waals surface area contributed by atoms with Gasteiger partial charge in [0.2, 0.25) is 0 Å². The topological polar surface area (TPSA) is 53.6 Å². The monoisotopic (exact) mass is 348 g/mol. The van der Waals surface area contributed by atoms with Gasteiger partial charge >= 0.3 is 0 Å². The second kappa shape index (κ2) is 8.56. The van der Waals surface area contributed by atoms with Crippen molar-refractivity contribution >= 4 is 17.3 Å². The Balaban J connectivity index is 1.54. The van der Waals surface area contributed by atoms with Crippen molar-refractivity contribution in [3.63, 3.8) is 0 Å². The number of anilines is 2. The number of hydrogen-bond donors (Lipinski definition) is 2. The maximum absolute atomic E-state index is 6.03. The standard InChI is InChI=1S/C22H28N4/c1-3-17(2)19-8-10-20(11-9-19)25-22(23)24-16-18-6-12-21(13-7-18)26-14-4-5-15-26/h4-13,17H,3,14-16H2,1-2H3,(H3,23,24,25). The number of aliphatic imine (C=N–C) groups is 1. The van der Waals surface area contributed by atoms with Gasteiger partial charge in [0.15, 0.2) is 5.96 Å². The van der Waals surface area contributed by atoms with E-state index in [0.29, 0.717) is 18.4 Å². The number of nitrogens with one attached hydrogen (secondary N) is 1. The first-order valence-electron chi connectivity index (χ1n) is 9.31. The van der Waals surface area contributed by atoms with Crippen LogP contribution in [0.2, 0.25) is 0 Å². The van der Waals surface area contributed by atoms with Crippen LogP contribution in [0, 0.1) is 0 Å². The van der Waals surface area contributed by atoms with Crippen molar-refractivity contribution < 1.29 is 0 Å². The van der Waals surface area contributed by atoms with Crippen LogP contribution >= 0.6 is 0 Å². The van der Waals surface area contributed by atoms with E-state index in [9.17, 15) is 0 Å². The Morgan fingerprint density at radius 1 is 1.08 bits per heavy atom. The average Bonchev–Trinajstić information content (AvgIpc) is 3.21. The minimum atomic E-state index is 0.439. The minimum absolute atomic E-state index is 0.439. The van der Waals surface area contributed by atoms with E-state index in [2.05, 4.69) is 89.7 Å². The van der Waals surface area contributed by atoms with Crippen molar-refractivity contribution in [3.05, 3.63) is 71.8 Å². The number of rotatable bonds is 6. The molecule has 2 aromatic rings. The highest BCUT2D eigenvalue weighted by molar-refractivity contribution is 5.92. The molecule has 0 aromatic heterocycles. The van der Waals surface area contributed by atoms with Gasteiger partial charge in [0, 0.05) is 24.5 Å². The zero-order valence-electron chi connectivity index (χ0n) is 15.7. The Hall–Kier alpha value is -2.75. The zero-order valence-corrected chi connectivity index (χ0v) is 15.7. The maximum Gasteiger partial charge on any atom is 0.193 e. The lowest BCUT2D eigenvalue weighted by Crippen LogP contribution is -2.22. The van der Waals surface area contributed by atoms with Gasteiger partial charge < -0.3 is 16.0 Å². The molecule has 1 aliphatic heterocycles. The fourth-order valence-corrected chi connectivity index (χ4v) is 3.00. The average molecular weight is 348 g/mol. The number of nitrogens with two attached hydrogens (primary N) is 1. The van der Waals surface area contributed by atoms with E-state index < -0.39 is 0 Å². The molecule has 0 spiro atoms. The van der Waals surface area contributed by atoms with Crippen molar-refractivity contribution in [2.45, 2.75) is 32.7 Å². The maximum atomic E-state index is 6.03. The predicted octanol–water partition coefficient (Wildman–Crippen LogP) is 4.50. The summed E-state index contributed by atoms with van der Waals surface area (Å²) in [4.78, 5) is 6.77. The molecule has 0 amide bonds. The van der Waals surface area contributed by atoms with Crippen LogP contribution < -0.4 is 16.0 Å². The van der Waals surface area contributed by atoms with Crippen LogP contribution in [0.3, 0.4) is 0 Å². The Labute approximate surface area is 156 Å². The van der Waals surface area contributed by atoms with Gasteiger partial charge in [0.05, 0.1) is 6.54 Å². The molecule has 2 aromatic carbocycles. The van der Waals surface area contributed by atoms with Gasteiger partial charge in [-0.3, -0.25) is 0 Å². The molecule has 26 heavy (non-hydrogen) atoms. The molecule has 3 rings (SSSR count). The third-order valence-corrected chi connectivity index (χ3v) is 4.92. The largest absolute Gasteiger partial charge is 0.370 e. The lowest BCUT2D eigenvalue weighted by atomic mass is 9.99. The molecule has 0 radical (unpaired) electrons. The summed E-state index contributed by atoms with van der Waals surface area (Å²) in [6.45, 7) is 7.00. The zero-order chi connectivity index (χ0) is 18.4. The summed E-state index contributed by atoms with van der Waals surface area (Å²) in [5.41, 5.74) is 10.7. The Kier molecular flexibility index (Phi) is 5.95. The van der Waals surface area contributed by atoms with Crippen molar-refractivity contribution in [1.82, 2.24) is 0 Å². The molecule has 0 fully saturated rings. The molecule has 0 saturated heterocycles. The molecule has 136 valence electrons. The Bertz CT molecular complexity index is 752. The van der Waals surface area contributed by atoms with E-state index in [1.807, 2.05) is 0 Å². The van der Waals surface area contributed by atoms with Crippen LogP contribution in [0.1, 0.15) is 37.3 Å². The third-order valence-electron chi connectivity index (χ3n) is 4.92. The molecule has 1 aliphatic rings. The van der Waals surface area contributed by atoms with Crippen LogP contribution in [0.5, 0.6) is 0 Å². The van der Waals surface area contributed by atoms with Crippen LogP contribution in [0.4, 0.5) is 11.4 Å². The molecule has 4 nitrogen and oxygen atoms in total. The van der Waals surface area contributed by atoms with E-state index in [4.69, 9.17) is 5.73 Å². The van der Waals surface area contributed by atoms with Gasteiger partial charge in [-0.05, 0) is 47.7 Å². The second-order valence-corrected chi connectivity index (χ2v) is 6.80. The smallest absolute Gasteiger partial charge is 0.193 e. The summed E-state index contributed by atoms with van der Waals surface area (Å²) < 4.78 is 0. The lowest BCUT2D eigenvalue weighted by Gasteiger charge is -2.17. The summed E-state index contributed by atoms with van der Waals surface area (Å²) in [6.07, 6.45) is 5.53. The third kappa shape index (κ3) is 4.66. The number of hydrogen-bond acceptors (Lipinski definition) is 2. The van der Waals surface area contributed by atoms with Crippen LogP contribution in [0.15, 0.2) is 65.7 Å². The van der Waals surface area contributed by atoms with E-state index in [0.717, 1.165) is 30.8 Å². The molecule has 0 aliphatic carbocycles. The van der Waals surface area contributed by atoms with Crippen molar-refractivity contribution in [3.8, 4) is 0 Å². The first kappa shape index (κ1) is 18.1. The summed E-state index contributed by atoms with van der Waals surface area (Å²) in [5.74, 6) is 1.02. The molecular formula is C22H28N4. The van der Waals surface area contributed by atoms with Gasteiger partial charge in [0.1, 0.15) is 0 Å². The van der Waals surface area contributed by atoms with E-state index in [1.165, 1.54) is 11.3 Å². The molecule has 4 heteroatoms. The van der Waals surface area contributed by atoms with Crippen molar-refractivity contribution in [2.24, 2.45) is 10.7 Å². The van der Waals surface area contributed by atoms with Crippen molar-refractivity contribution in [2.75, 3.05) is 23.3 Å². The molecule has 1 heterocycles. The van der Waals surface area contributed by atoms with Crippen LogP contribution in [0.25, 0.3) is 0 Å². The van der Waals surface area contributed by atoms with Crippen LogP contribution in [-0.2, 0) is 6.54 Å². The first-order chi connectivity index (χ1) is 12.7. The molecular weight excluding hydrogens is 320 g/mol. The summed E-state index contributed by atoms with van der Waals surface area (Å²) in [6, 6.07) is 16.9. The number of benzene rings is 2. The Morgan fingerprint density at radius 2 is 1.73 bits per heavy atom. The highest BCUT2D eigenvalue weighted by atomic mass is 15.1. The summed E-state index contributed by atoms with van der Waals surface area (Å²) in [5, 5.41) is 3.16. The molecule has 3 N–H and O–H groups in total. The molecule has 0 saturated carbocycles. The van der Waals surface area contributed by atoms with Gasteiger partial charge in [-0.2, -0.15) is 0 Å². The fourth-order valence-electron chi connectivity index (χ4n) is 3.00. The normalized spacial score (nSPS) is 15.3. The Morgan fingerprint density at radius 3 is 2.35 bits per heavy atom. The van der Waals surface area contributed by atoms with Crippen LogP contribution in [-0.4, -0.2) is 19.0 Å². The summed E-state index contributed by atoms with van der Waals surface area (Å²) >= 11 is 0. The second-order valence-electron chi connectivity index (χ2n) is 6.80. The highest BCUT2D eigenvalue weighted by Crippen LogP contribution is 2.20. The SMILES string of the molecule is CCC(C)c1ccc(NC(N)=NCc2ccc(N3CC=CC3)cc2)cc1. The molecule has 1 atom stereocenters. The van der Waals surface area contributed by atoms with Gasteiger partial charge in [-0.1, -0.05) is 50.3 Å². The van der Waals surface area contributed by atoms with Crippen molar-refractivity contribution in [1.29, 1.82) is 0 Å². The number of guanidine groups is 1. The van der Waals surface area contributed by atoms with Gasteiger partial charge in [0.25, 0.3) is 0 Å². The minimum Gasteiger partial charge on any atom is -0.370 e. The predicted molar refractivity (Wildman–Crippen MR) is 112 cm³/mol. The lowest BCUT2D eigenvalue weighted by molar-refractivity contribution is 0.734. The van der Waals surface area contributed by atoms with E-state index in [1.54, 1.807) is 0 Å². The van der Waals surface area contributed by atoms with E-state index in [-0.39, 0.29) is 0 Å². The van der Waals surface area contributed by atoms with Gasteiger partial charge in [-0.15, -0.1) is 0 Å². The number of nitrogens with zero attached hydrogens (tertiary/aromatic N) is 2. The summed E-state index contributed by atoms with van der Waals surface area (Å²) in [7, 11) is 0.